The predicted molar refractivity (Wildman–Crippen MR) is 86.8 cm³/mol. The van der Waals surface area contributed by atoms with Crippen molar-refractivity contribution in [2.45, 2.75) is 13.5 Å². The van der Waals surface area contributed by atoms with Gasteiger partial charge in [-0.15, -0.1) is 11.3 Å². The van der Waals surface area contributed by atoms with Crippen LogP contribution in [0.25, 0.3) is 10.1 Å². The van der Waals surface area contributed by atoms with Crippen molar-refractivity contribution in [2.24, 2.45) is 0 Å². The van der Waals surface area contributed by atoms with Gasteiger partial charge in [0, 0.05) is 23.0 Å². The summed E-state index contributed by atoms with van der Waals surface area (Å²) in [5.74, 6) is 0.910. The highest BCUT2D eigenvalue weighted by molar-refractivity contribution is 7.17. The SMILES string of the molecule is CCOc1cccc(NCc2csc3ccccc23)c1. The van der Waals surface area contributed by atoms with Crippen LogP contribution in [-0.4, -0.2) is 6.61 Å². The van der Waals surface area contributed by atoms with Gasteiger partial charge in [0.2, 0.25) is 0 Å². The van der Waals surface area contributed by atoms with Gasteiger partial charge < -0.3 is 10.1 Å². The van der Waals surface area contributed by atoms with Crippen LogP contribution in [0.5, 0.6) is 5.75 Å². The summed E-state index contributed by atoms with van der Waals surface area (Å²) in [5, 5.41) is 7.03. The Kier molecular flexibility index (Phi) is 3.88. The van der Waals surface area contributed by atoms with Crippen LogP contribution in [0.1, 0.15) is 12.5 Å². The van der Waals surface area contributed by atoms with Gasteiger partial charge in [-0.25, -0.2) is 0 Å². The Morgan fingerprint density at radius 2 is 2.00 bits per heavy atom. The van der Waals surface area contributed by atoms with Crippen LogP contribution >= 0.6 is 11.3 Å². The van der Waals surface area contributed by atoms with Gasteiger partial charge in [0.1, 0.15) is 5.75 Å². The van der Waals surface area contributed by atoms with Crippen LogP contribution in [0.3, 0.4) is 0 Å². The summed E-state index contributed by atoms with van der Waals surface area (Å²) in [5.41, 5.74) is 2.43. The summed E-state index contributed by atoms with van der Waals surface area (Å²) in [4.78, 5) is 0. The molecule has 0 spiro atoms. The zero-order valence-corrected chi connectivity index (χ0v) is 12.2. The maximum atomic E-state index is 5.52. The maximum absolute atomic E-state index is 5.52. The normalized spacial score (nSPS) is 10.7. The quantitative estimate of drug-likeness (QED) is 0.718. The Bertz CT molecular complexity index is 705. The monoisotopic (exact) mass is 283 g/mol. The average molecular weight is 283 g/mol. The number of ether oxygens (including phenoxy) is 1. The second-order valence-electron chi connectivity index (χ2n) is 4.57. The molecule has 3 aromatic rings. The molecule has 2 nitrogen and oxygen atoms in total. The minimum absolute atomic E-state index is 0.693. The molecule has 102 valence electrons. The van der Waals surface area contributed by atoms with E-state index in [9.17, 15) is 0 Å². The van der Waals surface area contributed by atoms with Crippen LogP contribution in [0.15, 0.2) is 53.9 Å². The number of anilines is 1. The van der Waals surface area contributed by atoms with Crippen molar-refractivity contribution in [3.05, 3.63) is 59.5 Å². The summed E-state index contributed by atoms with van der Waals surface area (Å²) in [6.45, 7) is 3.52. The third kappa shape index (κ3) is 2.78. The molecule has 0 amide bonds. The minimum Gasteiger partial charge on any atom is -0.494 e. The van der Waals surface area contributed by atoms with E-state index in [0.717, 1.165) is 18.0 Å². The third-order valence-electron chi connectivity index (χ3n) is 3.19. The van der Waals surface area contributed by atoms with E-state index in [-0.39, 0.29) is 0 Å². The first-order valence-corrected chi connectivity index (χ1v) is 7.66. The van der Waals surface area contributed by atoms with Crippen molar-refractivity contribution in [1.29, 1.82) is 0 Å². The number of fused-ring (bicyclic) bond motifs is 1. The van der Waals surface area contributed by atoms with E-state index >= 15 is 0 Å². The van der Waals surface area contributed by atoms with E-state index < -0.39 is 0 Å². The summed E-state index contributed by atoms with van der Waals surface area (Å²) < 4.78 is 6.86. The highest BCUT2D eigenvalue weighted by Gasteiger charge is 2.03. The third-order valence-corrected chi connectivity index (χ3v) is 4.20. The molecule has 0 saturated carbocycles. The molecule has 1 N–H and O–H groups in total. The van der Waals surface area contributed by atoms with E-state index in [1.807, 2.05) is 25.1 Å². The lowest BCUT2D eigenvalue weighted by molar-refractivity contribution is 0.340. The van der Waals surface area contributed by atoms with E-state index in [0.29, 0.717) is 6.61 Å². The lowest BCUT2D eigenvalue weighted by atomic mass is 10.2. The van der Waals surface area contributed by atoms with Gasteiger partial charge in [0.15, 0.2) is 0 Å². The van der Waals surface area contributed by atoms with Crippen molar-refractivity contribution in [2.75, 3.05) is 11.9 Å². The molecule has 0 fully saturated rings. The summed E-state index contributed by atoms with van der Waals surface area (Å²) in [6, 6.07) is 16.6. The van der Waals surface area contributed by atoms with E-state index in [1.165, 1.54) is 15.6 Å². The van der Waals surface area contributed by atoms with E-state index in [1.54, 1.807) is 11.3 Å². The summed E-state index contributed by atoms with van der Waals surface area (Å²) >= 11 is 1.80. The zero-order chi connectivity index (χ0) is 13.8. The number of benzene rings is 2. The molecule has 0 aliphatic heterocycles. The molecule has 0 aliphatic carbocycles. The predicted octanol–water partition coefficient (Wildman–Crippen LogP) is 4.91. The van der Waals surface area contributed by atoms with Crippen LogP contribution in [0.4, 0.5) is 5.69 Å². The number of rotatable bonds is 5. The first-order valence-electron chi connectivity index (χ1n) is 6.78. The van der Waals surface area contributed by atoms with Gasteiger partial charge in [-0.05, 0) is 41.5 Å². The van der Waals surface area contributed by atoms with E-state index in [2.05, 4.69) is 41.0 Å². The molecule has 0 unspecified atom stereocenters. The highest BCUT2D eigenvalue weighted by Crippen LogP contribution is 2.26. The van der Waals surface area contributed by atoms with Gasteiger partial charge in [0.25, 0.3) is 0 Å². The fourth-order valence-electron chi connectivity index (χ4n) is 2.23. The lowest BCUT2D eigenvalue weighted by Gasteiger charge is -2.08. The Labute approximate surface area is 123 Å². The summed E-state index contributed by atoms with van der Waals surface area (Å²) in [7, 11) is 0. The Hall–Kier alpha value is -2.00. The molecule has 0 atom stereocenters. The molecule has 20 heavy (non-hydrogen) atoms. The second kappa shape index (κ2) is 5.97. The van der Waals surface area contributed by atoms with Gasteiger partial charge in [0.05, 0.1) is 6.61 Å². The Morgan fingerprint density at radius 1 is 1.10 bits per heavy atom. The number of hydrogen-bond donors (Lipinski definition) is 1. The fraction of sp³-hybridized carbons (Fsp3) is 0.176. The largest absolute Gasteiger partial charge is 0.494 e. The molecule has 0 bridgehead atoms. The fourth-order valence-corrected chi connectivity index (χ4v) is 3.19. The summed E-state index contributed by atoms with van der Waals surface area (Å²) in [6.07, 6.45) is 0. The standard InChI is InChI=1S/C17H17NOS/c1-2-19-15-7-5-6-14(10-15)18-11-13-12-20-17-9-4-3-8-16(13)17/h3-10,12,18H,2,11H2,1H3. The molecule has 1 heterocycles. The highest BCUT2D eigenvalue weighted by atomic mass is 32.1. The minimum atomic E-state index is 0.693. The van der Waals surface area contributed by atoms with Crippen molar-refractivity contribution in [3.63, 3.8) is 0 Å². The molecule has 0 aliphatic rings. The molecule has 2 aromatic carbocycles. The maximum Gasteiger partial charge on any atom is 0.121 e. The van der Waals surface area contributed by atoms with Crippen molar-refractivity contribution < 1.29 is 4.74 Å². The van der Waals surface area contributed by atoms with Gasteiger partial charge in [-0.3, -0.25) is 0 Å². The Balaban J connectivity index is 1.74. The molecular formula is C17H17NOS. The lowest BCUT2D eigenvalue weighted by Crippen LogP contribution is -1.99. The molecule has 3 heteroatoms. The molecule has 3 rings (SSSR count). The first-order chi connectivity index (χ1) is 9.86. The zero-order valence-electron chi connectivity index (χ0n) is 11.4. The van der Waals surface area contributed by atoms with E-state index in [4.69, 9.17) is 4.74 Å². The topological polar surface area (TPSA) is 21.3 Å². The van der Waals surface area contributed by atoms with Crippen LogP contribution in [0, 0.1) is 0 Å². The molecule has 0 radical (unpaired) electrons. The van der Waals surface area contributed by atoms with Gasteiger partial charge in [-0.2, -0.15) is 0 Å². The Morgan fingerprint density at radius 3 is 2.90 bits per heavy atom. The van der Waals surface area contributed by atoms with Crippen molar-refractivity contribution in [1.82, 2.24) is 0 Å². The number of nitrogens with one attached hydrogen (secondary N) is 1. The van der Waals surface area contributed by atoms with Gasteiger partial charge >= 0.3 is 0 Å². The van der Waals surface area contributed by atoms with Crippen LogP contribution in [-0.2, 0) is 6.54 Å². The smallest absolute Gasteiger partial charge is 0.121 e. The number of hydrogen-bond acceptors (Lipinski definition) is 3. The van der Waals surface area contributed by atoms with Crippen LogP contribution < -0.4 is 10.1 Å². The van der Waals surface area contributed by atoms with Gasteiger partial charge in [-0.1, -0.05) is 24.3 Å². The molecule has 1 aromatic heterocycles. The van der Waals surface area contributed by atoms with Crippen molar-refractivity contribution in [3.8, 4) is 5.75 Å². The van der Waals surface area contributed by atoms with Crippen LogP contribution in [0.2, 0.25) is 0 Å². The first kappa shape index (κ1) is 13.0. The second-order valence-corrected chi connectivity index (χ2v) is 5.48. The van der Waals surface area contributed by atoms with Crippen molar-refractivity contribution >= 4 is 27.1 Å². The average Bonchev–Trinajstić information content (AvgIpc) is 2.89. The molecule has 0 saturated heterocycles. The number of thiophene rings is 1. The molecular weight excluding hydrogens is 266 g/mol.